The van der Waals surface area contributed by atoms with Gasteiger partial charge >= 0.3 is 0 Å². The highest BCUT2D eigenvalue weighted by atomic mass is 32.2. The third kappa shape index (κ3) is 4.17. The topological polar surface area (TPSA) is 76.3 Å². The predicted octanol–water partition coefficient (Wildman–Crippen LogP) is 3.32. The zero-order valence-electron chi connectivity index (χ0n) is 15.0. The highest BCUT2D eigenvalue weighted by Crippen LogP contribution is 2.20. The standard InChI is InChI=1S/C19H21N3O3S/c1-14-8-10-16(11-9-14)13-26(23,24)22(3)12-18-20-19(21-25-18)17-7-5-4-6-15(17)2/h4-11H,12-13H2,1-3H3. The molecule has 3 aromatic rings. The van der Waals surface area contributed by atoms with Gasteiger partial charge in [-0.25, -0.2) is 8.42 Å². The number of rotatable bonds is 6. The molecular weight excluding hydrogens is 350 g/mol. The van der Waals surface area contributed by atoms with Crippen LogP contribution >= 0.6 is 0 Å². The number of nitrogens with zero attached hydrogens (tertiary/aromatic N) is 3. The van der Waals surface area contributed by atoms with Crippen molar-refractivity contribution in [1.82, 2.24) is 14.4 Å². The molecule has 0 amide bonds. The predicted molar refractivity (Wildman–Crippen MR) is 99.7 cm³/mol. The third-order valence-corrected chi connectivity index (χ3v) is 5.93. The van der Waals surface area contributed by atoms with Gasteiger partial charge in [0.2, 0.25) is 21.7 Å². The summed E-state index contributed by atoms with van der Waals surface area (Å²) in [5.74, 6) is 0.656. The molecule has 0 bridgehead atoms. The van der Waals surface area contributed by atoms with E-state index in [0.717, 1.165) is 22.3 Å². The molecule has 0 radical (unpaired) electrons. The van der Waals surface area contributed by atoms with Crippen LogP contribution in [0.2, 0.25) is 0 Å². The van der Waals surface area contributed by atoms with Crippen LogP contribution < -0.4 is 0 Å². The summed E-state index contributed by atoms with van der Waals surface area (Å²) in [5.41, 5.74) is 3.73. The maximum atomic E-state index is 12.6. The molecule has 0 N–H and O–H groups in total. The lowest BCUT2D eigenvalue weighted by Crippen LogP contribution is -2.27. The molecule has 1 heterocycles. The van der Waals surface area contributed by atoms with E-state index in [1.807, 2.05) is 62.4 Å². The van der Waals surface area contributed by atoms with Crippen LogP contribution in [0.3, 0.4) is 0 Å². The maximum absolute atomic E-state index is 12.6. The van der Waals surface area contributed by atoms with Gasteiger partial charge in [0.25, 0.3) is 0 Å². The number of hydrogen-bond acceptors (Lipinski definition) is 5. The average molecular weight is 371 g/mol. The summed E-state index contributed by atoms with van der Waals surface area (Å²) in [6.45, 7) is 3.96. The zero-order chi connectivity index (χ0) is 18.7. The summed E-state index contributed by atoms with van der Waals surface area (Å²) < 4.78 is 31.6. The first-order chi connectivity index (χ1) is 12.3. The fraction of sp³-hybridized carbons (Fsp3) is 0.263. The molecule has 1 aromatic heterocycles. The molecule has 0 spiro atoms. The van der Waals surface area contributed by atoms with E-state index in [1.165, 1.54) is 11.4 Å². The van der Waals surface area contributed by atoms with Crippen LogP contribution in [0, 0.1) is 13.8 Å². The van der Waals surface area contributed by atoms with Crippen molar-refractivity contribution >= 4 is 10.0 Å². The van der Waals surface area contributed by atoms with Gasteiger partial charge in [-0.2, -0.15) is 9.29 Å². The van der Waals surface area contributed by atoms with Crippen molar-refractivity contribution in [3.63, 3.8) is 0 Å². The molecule has 6 nitrogen and oxygen atoms in total. The molecule has 0 atom stereocenters. The Morgan fingerprint density at radius 2 is 1.73 bits per heavy atom. The molecule has 2 aromatic carbocycles. The van der Waals surface area contributed by atoms with E-state index in [0.29, 0.717) is 5.82 Å². The molecule has 3 rings (SSSR count). The SMILES string of the molecule is Cc1ccc(CS(=O)(=O)N(C)Cc2nc(-c3ccccc3C)no2)cc1. The van der Waals surface area contributed by atoms with E-state index in [2.05, 4.69) is 10.1 Å². The van der Waals surface area contributed by atoms with E-state index in [4.69, 9.17) is 4.52 Å². The van der Waals surface area contributed by atoms with Crippen LogP contribution in [0.15, 0.2) is 53.1 Å². The van der Waals surface area contributed by atoms with Gasteiger partial charge in [0.1, 0.15) is 0 Å². The molecule has 0 aliphatic rings. The Morgan fingerprint density at radius 3 is 2.42 bits per heavy atom. The summed E-state index contributed by atoms with van der Waals surface area (Å²) in [7, 11) is -1.97. The molecule has 0 saturated heterocycles. The van der Waals surface area contributed by atoms with E-state index in [9.17, 15) is 8.42 Å². The first-order valence-electron chi connectivity index (χ1n) is 8.23. The number of aromatic nitrogens is 2. The van der Waals surface area contributed by atoms with Gasteiger partial charge in [0.05, 0.1) is 12.3 Å². The van der Waals surface area contributed by atoms with Gasteiger partial charge in [-0.05, 0) is 25.0 Å². The van der Waals surface area contributed by atoms with E-state index in [1.54, 1.807) is 0 Å². The van der Waals surface area contributed by atoms with Crippen molar-refractivity contribution in [3.05, 3.63) is 71.1 Å². The van der Waals surface area contributed by atoms with Gasteiger partial charge in [0.15, 0.2) is 0 Å². The smallest absolute Gasteiger partial charge is 0.242 e. The van der Waals surface area contributed by atoms with Crippen LogP contribution in [0.5, 0.6) is 0 Å². The largest absolute Gasteiger partial charge is 0.338 e. The van der Waals surface area contributed by atoms with Crippen LogP contribution in [-0.2, 0) is 22.3 Å². The molecular formula is C19H21N3O3S. The minimum atomic E-state index is -3.48. The monoisotopic (exact) mass is 371 g/mol. The first-order valence-corrected chi connectivity index (χ1v) is 9.84. The lowest BCUT2D eigenvalue weighted by Gasteiger charge is -2.15. The molecule has 0 unspecified atom stereocenters. The van der Waals surface area contributed by atoms with Crippen LogP contribution in [0.4, 0.5) is 0 Å². The first kappa shape index (κ1) is 18.3. The summed E-state index contributed by atoms with van der Waals surface area (Å²) in [5, 5.41) is 3.97. The summed E-state index contributed by atoms with van der Waals surface area (Å²) >= 11 is 0. The van der Waals surface area contributed by atoms with Crippen molar-refractivity contribution in [2.24, 2.45) is 0 Å². The Bertz CT molecular complexity index is 995. The van der Waals surface area contributed by atoms with Gasteiger partial charge in [0, 0.05) is 12.6 Å². The number of hydrogen-bond donors (Lipinski definition) is 0. The maximum Gasteiger partial charge on any atom is 0.242 e. The van der Waals surface area contributed by atoms with Crippen LogP contribution in [-0.4, -0.2) is 29.9 Å². The number of sulfonamides is 1. The highest BCUT2D eigenvalue weighted by molar-refractivity contribution is 7.88. The fourth-order valence-electron chi connectivity index (χ4n) is 2.55. The van der Waals surface area contributed by atoms with Gasteiger partial charge in [-0.1, -0.05) is 59.3 Å². The lowest BCUT2D eigenvalue weighted by atomic mass is 10.1. The Kier molecular flexibility index (Phi) is 5.20. The highest BCUT2D eigenvalue weighted by Gasteiger charge is 2.21. The second-order valence-corrected chi connectivity index (χ2v) is 8.40. The molecule has 0 aliphatic heterocycles. The third-order valence-electron chi connectivity index (χ3n) is 4.16. The molecule has 26 heavy (non-hydrogen) atoms. The minimum absolute atomic E-state index is 0.0348. The van der Waals surface area contributed by atoms with E-state index >= 15 is 0 Å². The zero-order valence-corrected chi connectivity index (χ0v) is 15.8. The second-order valence-electron chi connectivity index (χ2n) is 6.32. The van der Waals surface area contributed by atoms with Gasteiger partial charge < -0.3 is 4.52 Å². The van der Waals surface area contributed by atoms with Crippen molar-refractivity contribution in [2.45, 2.75) is 26.1 Å². The van der Waals surface area contributed by atoms with E-state index in [-0.39, 0.29) is 18.2 Å². The molecule has 0 saturated carbocycles. The number of benzene rings is 2. The van der Waals surface area contributed by atoms with E-state index < -0.39 is 10.0 Å². The summed E-state index contributed by atoms with van der Waals surface area (Å²) in [6, 6.07) is 15.1. The lowest BCUT2D eigenvalue weighted by molar-refractivity contribution is 0.336. The Morgan fingerprint density at radius 1 is 1.04 bits per heavy atom. The van der Waals surface area contributed by atoms with Crippen molar-refractivity contribution in [1.29, 1.82) is 0 Å². The number of aryl methyl sites for hydroxylation is 2. The average Bonchev–Trinajstić information content (AvgIpc) is 3.05. The van der Waals surface area contributed by atoms with Crippen molar-refractivity contribution < 1.29 is 12.9 Å². The molecule has 0 aliphatic carbocycles. The Hall–Kier alpha value is -2.51. The quantitative estimate of drug-likeness (QED) is 0.664. The normalized spacial score (nSPS) is 11.8. The Balaban J connectivity index is 1.72. The summed E-state index contributed by atoms with van der Waals surface area (Å²) in [6.07, 6.45) is 0. The molecule has 7 heteroatoms. The van der Waals surface area contributed by atoms with Crippen LogP contribution in [0.25, 0.3) is 11.4 Å². The minimum Gasteiger partial charge on any atom is -0.338 e. The fourth-order valence-corrected chi connectivity index (χ4v) is 3.69. The van der Waals surface area contributed by atoms with Gasteiger partial charge in [-0.15, -0.1) is 0 Å². The van der Waals surface area contributed by atoms with Crippen LogP contribution in [0.1, 0.15) is 22.6 Å². The van der Waals surface area contributed by atoms with Gasteiger partial charge in [-0.3, -0.25) is 0 Å². The van der Waals surface area contributed by atoms with Crippen molar-refractivity contribution in [3.8, 4) is 11.4 Å². The van der Waals surface area contributed by atoms with Crippen molar-refractivity contribution in [2.75, 3.05) is 7.05 Å². The summed E-state index contributed by atoms with van der Waals surface area (Å²) in [4.78, 5) is 4.33. The second kappa shape index (κ2) is 7.39. The molecule has 0 fully saturated rings. The Labute approximate surface area is 153 Å². The molecule has 136 valence electrons.